The summed E-state index contributed by atoms with van der Waals surface area (Å²) in [5.74, 6) is 3.67. The Labute approximate surface area is 216 Å². The number of anilines is 2. The highest BCUT2D eigenvalue weighted by atomic mass is 16.1. The fourth-order valence-corrected chi connectivity index (χ4v) is 7.72. The molecular weight excluding hydrogens is 444 g/mol. The maximum Gasteiger partial charge on any atom is 0.224 e. The van der Waals surface area contributed by atoms with Gasteiger partial charge in [0.2, 0.25) is 5.91 Å². The third-order valence-corrected chi connectivity index (χ3v) is 8.84. The molecule has 1 aromatic carbocycles. The first kappa shape index (κ1) is 25.3. The van der Waals surface area contributed by atoms with Crippen molar-refractivity contribution in [2.24, 2.45) is 28.6 Å². The summed E-state index contributed by atoms with van der Waals surface area (Å²) < 4.78 is 0. The Morgan fingerprint density at radius 1 is 1.08 bits per heavy atom. The number of aromatic nitrogens is 1. The molecule has 3 N–H and O–H groups in total. The number of hydrogen-bond acceptors (Lipinski definition) is 4. The molecule has 194 valence electrons. The normalized spacial score (nSPS) is 26.8. The van der Waals surface area contributed by atoms with E-state index in [1.165, 1.54) is 38.5 Å². The van der Waals surface area contributed by atoms with E-state index >= 15 is 0 Å². The zero-order chi connectivity index (χ0) is 25.2. The highest BCUT2D eigenvalue weighted by molar-refractivity contribution is 6.01. The zero-order valence-corrected chi connectivity index (χ0v) is 22.2. The number of hydrogen-bond donors (Lipinski definition) is 3. The van der Waals surface area contributed by atoms with Gasteiger partial charge in [-0.05, 0) is 111 Å². The molecule has 4 saturated carbocycles. The van der Waals surface area contributed by atoms with E-state index in [4.69, 9.17) is 4.98 Å². The monoisotopic (exact) mass is 488 g/mol. The minimum atomic E-state index is 0.176. The first-order valence-corrected chi connectivity index (χ1v) is 14.1. The van der Waals surface area contributed by atoms with Crippen molar-refractivity contribution >= 4 is 28.3 Å². The van der Waals surface area contributed by atoms with E-state index < -0.39 is 0 Å². The number of carbonyl (C=O) groups excluding carboxylic acids is 1. The van der Waals surface area contributed by atoms with Crippen molar-refractivity contribution < 1.29 is 4.79 Å². The standard InChI is InChI=1S/C31H44N4O/c1-4-11-30(2,3)21-32-12-6-13-33-28-10-9-25-26(34-28)7-5-8-27(25)35-29(36)20-31-17-22-14-23(18-31)16-24(15-22)19-31/h4-5,7-10,22-24,32H,1,6,11-21H2,2-3H3,(H,33,34)(H,35,36). The Bertz CT molecular complexity index is 1060. The van der Waals surface area contributed by atoms with Crippen LogP contribution in [0.4, 0.5) is 11.5 Å². The lowest BCUT2D eigenvalue weighted by molar-refractivity contribution is -0.124. The number of allylic oxidation sites excluding steroid dienone is 1. The maximum atomic E-state index is 13.2. The number of carbonyl (C=O) groups is 1. The van der Waals surface area contributed by atoms with Gasteiger partial charge in [0.05, 0.1) is 11.2 Å². The van der Waals surface area contributed by atoms with E-state index in [0.717, 1.165) is 72.6 Å². The minimum Gasteiger partial charge on any atom is -0.370 e. The lowest BCUT2D eigenvalue weighted by Gasteiger charge is -2.56. The van der Waals surface area contributed by atoms with Gasteiger partial charge in [-0.15, -0.1) is 6.58 Å². The zero-order valence-electron chi connectivity index (χ0n) is 22.2. The average molecular weight is 489 g/mol. The number of amides is 1. The molecule has 5 nitrogen and oxygen atoms in total. The molecule has 4 aliphatic rings. The first-order chi connectivity index (χ1) is 17.3. The predicted molar refractivity (Wildman–Crippen MR) is 150 cm³/mol. The van der Waals surface area contributed by atoms with Gasteiger partial charge in [-0.1, -0.05) is 26.0 Å². The molecule has 1 heterocycles. The third kappa shape index (κ3) is 5.94. The van der Waals surface area contributed by atoms with E-state index in [2.05, 4.69) is 42.4 Å². The Kier molecular flexibility index (Phi) is 7.39. The number of benzene rings is 1. The molecule has 4 bridgehead atoms. The SMILES string of the molecule is C=CCC(C)(C)CNCCCNc1ccc2c(NC(=O)CC34CC5CC(CC(C5)C3)C4)cccc2n1. The molecule has 0 atom stereocenters. The Hall–Kier alpha value is -2.40. The van der Waals surface area contributed by atoms with Crippen LogP contribution in [0.5, 0.6) is 0 Å². The van der Waals surface area contributed by atoms with Crippen molar-refractivity contribution in [2.75, 3.05) is 30.3 Å². The van der Waals surface area contributed by atoms with E-state index in [1.54, 1.807) is 0 Å². The summed E-state index contributed by atoms with van der Waals surface area (Å²) in [7, 11) is 0. The summed E-state index contributed by atoms with van der Waals surface area (Å²) >= 11 is 0. The van der Waals surface area contributed by atoms with Gasteiger partial charge < -0.3 is 16.0 Å². The van der Waals surface area contributed by atoms with Crippen LogP contribution in [-0.2, 0) is 4.79 Å². The van der Waals surface area contributed by atoms with Crippen molar-refractivity contribution in [2.45, 2.75) is 71.6 Å². The second-order valence-corrected chi connectivity index (χ2v) is 12.8. The molecule has 4 aliphatic carbocycles. The fraction of sp³-hybridized carbons (Fsp3) is 0.613. The van der Waals surface area contributed by atoms with E-state index in [0.29, 0.717) is 6.42 Å². The molecule has 0 aliphatic heterocycles. The summed E-state index contributed by atoms with van der Waals surface area (Å²) in [6.07, 6.45) is 12.8. The molecule has 6 rings (SSSR count). The van der Waals surface area contributed by atoms with Gasteiger partial charge >= 0.3 is 0 Å². The Morgan fingerprint density at radius 3 is 2.50 bits per heavy atom. The van der Waals surface area contributed by atoms with Crippen molar-refractivity contribution in [3.63, 3.8) is 0 Å². The predicted octanol–water partition coefficient (Wildman–Crippen LogP) is 6.77. The fourth-order valence-electron chi connectivity index (χ4n) is 7.72. The van der Waals surface area contributed by atoms with Gasteiger partial charge in [-0.25, -0.2) is 4.98 Å². The van der Waals surface area contributed by atoms with Gasteiger partial charge in [-0.2, -0.15) is 0 Å². The van der Waals surface area contributed by atoms with Crippen LogP contribution in [0.15, 0.2) is 43.0 Å². The van der Waals surface area contributed by atoms with Crippen molar-refractivity contribution in [3.8, 4) is 0 Å². The van der Waals surface area contributed by atoms with Crippen LogP contribution in [0.3, 0.4) is 0 Å². The summed E-state index contributed by atoms with van der Waals surface area (Å²) in [6, 6.07) is 10.1. The lowest BCUT2D eigenvalue weighted by Crippen LogP contribution is -2.47. The number of nitrogens with zero attached hydrogens (tertiary/aromatic N) is 1. The number of fused-ring (bicyclic) bond motifs is 1. The van der Waals surface area contributed by atoms with Gasteiger partial charge in [0, 0.05) is 24.9 Å². The molecule has 0 saturated heterocycles. The van der Waals surface area contributed by atoms with Gasteiger partial charge in [-0.3, -0.25) is 4.79 Å². The summed E-state index contributed by atoms with van der Waals surface area (Å²) in [5, 5.41) is 11.3. The molecule has 36 heavy (non-hydrogen) atoms. The Morgan fingerprint density at radius 2 is 1.81 bits per heavy atom. The summed E-state index contributed by atoms with van der Waals surface area (Å²) in [4.78, 5) is 18.0. The Balaban J connectivity index is 1.13. The second kappa shape index (κ2) is 10.5. The number of nitrogens with one attached hydrogen (secondary N) is 3. The molecule has 0 spiro atoms. The van der Waals surface area contributed by atoms with Gasteiger partial charge in [0.1, 0.15) is 5.82 Å². The van der Waals surface area contributed by atoms with Gasteiger partial charge in [0.15, 0.2) is 0 Å². The summed E-state index contributed by atoms with van der Waals surface area (Å²) in [6.45, 7) is 11.2. The van der Waals surface area contributed by atoms with Crippen LogP contribution < -0.4 is 16.0 Å². The van der Waals surface area contributed by atoms with Crippen LogP contribution in [0.2, 0.25) is 0 Å². The second-order valence-electron chi connectivity index (χ2n) is 12.8. The topological polar surface area (TPSA) is 66.0 Å². The molecular formula is C31H44N4O. The van der Waals surface area contributed by atoms with E-state index in [9.17, 15) is 4.79 Å². The van der Waals surface area contributed by atoms with Crippen LogP contribution in [0.1, 0.15) is 71.6 Å². The highest BCUT2D eigenvalue weighted by Gasteiger charge is 2.51. The van der Waals surface area contributed by atoms with Crippen LogP contribution in [0.25, 0.3) is 10.9 Å². The van der Waals surface area contributed by atoms with Gasteiger partial charge in [0.25, 0.3) is 0 Å². The van der Waals surface area contributed by atoms with E-state index in [1.807, 2.05) is 30.3 Å². The first-order valence-electron chi connectivity index (χ1n) is 14.1. The highest BCUT2D eigenvalue weighted by Crippen LogP contribution is 2.61. The quantitative estimate of drug-likeness (QED) is 0.228. The summed E-state index contributed by atoms with van der Waals surface area (Å²) in [5.41, 5.74) is 2.30. The number of rotatable bonds is 12. The molecule has 2 aromatic rings. The smallest absolute Gasteiger partial charge is 0.224 e. The van der Waals surface area contributed by atoms with Crippen LogP contribution in [-0.4, -0.2) is 30.5 Å². The maximum absolute atomic E-state index is 13.2. The molecule has 5 heteroatoms. The molecule has 1 aromatic heterocycles. The van der Waals surface area contributed by atoms with Crippen LogP contribution >= 0.6 is 0 Å². The molecule has 0 radical (unpaired) electrons. The van der Waals surface area contributed by atoms with E-state index in [-0.39, 0.29) is 16.7 Å². The minimum absolute atomic E-state index is 0.176. The molecule has 0 unspecified atom stereocenters. The van der Waals surface area contributed by atoms with Crippen molar-refractivity contribution in [1.29, 1.82) is 0 Å². The number of pyridine rings is 1. The molecule has 4 fully saturated rings. The van der Waals surface area contributed by atoms with Crippen molar-refractivity contribution in [1.82, 2.24) is 10.3 Å². The lowest BCUT2D eigenvalue weighted by atomic mass is 9.49. The van der Waals surface area contributed by atoms with Crippen LogP contribution in [0, 0.1) is 28.6 Å². The molecule has 1 amide bonds. The average Bonchev–Trinajstić information content (AvgIpc) is 2.80. The third-order valence-electron chi connectivity index (χ3n) is 8.84. The largest absolute Gasteiger partial charge is 0.370 e. The van der Waals surface area contributed by atoms with Crippen molar-refractivity contribution in [3.05, 3.63) is 43.0 Å².